The Morgan fingerprint density at radius 3 is 2.44 bits per heavy atom. The second-order valence-corrected chi connectivity index (χ2v) is 8.46. The van der Waals surface area contributed by atoms with Crippen LogP contribution in [0.2, 0.25) is 0 Å². The topological polar surface area (TPSA) is 75.7 Å². The zero-order chi connectivity index (χ0) is 18.3. The van der Waals surface area contributed by atoms with Gasteiger partial charge in [0.25, 0.3) is 0 Å². The van der Waals surface area contributed by atoms with Crippen LogP contribution < -0.4 is 5.32 Å². The molecule has 140 valence electrons. The molecular formula is C18H28N2O4S. The quantitative estimate of drug-likeness (QED) is 0.760. The summed E-state index contributed by atoms with van der Waals surface area (Å²) in [5.74, 6) is -0.0115. The molecule has 1 aromatic rings. The second kappa shape index (κ2) is 9.31. The Kier molecular flexibility index (Phi) is 7.40. The lowest BCUT2D eigenvalue weighted by molar-refractivity contribution is -0.126. The van der Waals surface area contributed by atoms with E-state index >= 15 is 0 Å². The standard InChI is InChI=1S/C18H28N2O4S/c1-3-24-14-17-8-6-5-7-16(17)13-19-18(21)15-9-11-20(12-10-15)25(22,23)4-2/h5-8,15H,3-4,9-14H2,1-2H3,(H,19,21). The fraction of sp³-hybridized carbons (Fsp3) is 0.611. The summed E-state index contributed by atoms with van der Waals surface area (Å²) in [6, 6.07) is 7.91. The van der Waals surface area contributed by atoms with Gasteiger partial charge in [-0.1, -0.05) is 24.3 Å². The highest BCUT2D eigenvalue weighted by molar-refractivity contribution is 7.89. The molecule has 1 aliphatic rings. The third-order valence-corrected chi connectivity index (χ3v) is 6.50. The van der Waals surface area contributed by atoms with Gasteiger partial charge in [0.15, 0.2) is 0 Å². The molecule has 0 spiro atoms. The van der Waals surface area contributed by atoms with Crippen molar-refractivity contribution in [2.24, 2.45) is 5.92 Å². The molecule has 7 heteroatoms. The van der Waals surface area contributed by atoms with Crippen molar-refractivity contribution in [2.45, 2.75) is 39.8 Å². The first-order valence-electron chi connectivity index (χ1n) is 8.88. The Morgan fingerprint density at radius 2 is 1.84 bits per heavy atom. The number of benzene rings is 1. The molecule has 1 heterocycles. The van der Waals surface area contributed by atoms with Crippen LogP contribution in [-0.2, 0) is 32.7 Å². The predicted molar refractivity (Wildman–Crippen MR) is 97.4 cm³/mol. The van der Waals surface area contributed by atoms with Gasteiger partial charge in [0.05, 0.1) is 12.4 Å². The second-order valence-electron chi connectivity index (χ2n) is 6.20. The van der Waals surface area contributed by atoms with Crippen molar-refractivity contribution in [3.63, 3.8) is 0 Å². The monoisotopic (exact) mass is 368 g/mol. The lowest BCUT2D eigenvalue weighted by Gasteiger charge is -2.30. The smallest absolute Gasteiger partial charge is 0.223 e. The molecule has 2 rings (SSSR count). The molecule has 0 aliphatic carbocycles. The van der Waals surface area contributed by atoms with E-state index in [1.54, 1.807) is 6.92 Å². The van der Waals surface area contributed by atoms with Crippen LogP contribution in [0.4, 0.5) is 0 Å². The van der Waals surface area contributed by atoms with Crippen LogP contribution >= 0.6 is 0 Å². The molecule has 1 fully saturated rings. The third kappa shape index (κ3) is 5.52. The van der Waals surface area contributed by atoms with Crippen LogP contribution in [0.15, 0.2) is 24.3 Å². The lowest BCUT2D eigenvalue weighted by Crippen LogP contribution is -2.43. The largest absolute Gasteiger partial charge is 0.377 e. The van der Waals surface area contributed by atoms with Gasteiger partial charge in [0.2, 0.25) is 15.9 Å². The number of nitrogens with zero attached hydrogens (tertiary/aromatic N) is 1. The Morgan fingerprint density at radius 1 is 1.20 bits per heavy atom. The summed E-state index contributed by atoms with van der Waals surface area (Å²) in [6.07, 6.45) is 1.15. The Bertz CT molecular complexity index is 667. The molecule has 1 N–H and O–H groups in total. The number of amides is 1. The highest BCUT2D eigenvalue weighted by Gasteiger charge is 2.29. The van der Waals surface area contributed by atoms with Crippen molar-refractivity contribution in [1.29, 1.82) is 0 Å². The van der Waals surface area contributed by atoms with Gasteiger partial charge in [-0.15, -0.1) is 0 Å². The number of nitrogens with one attached hydrogen (secondary N) is 1. The maximum absolute atomic E-state index is 12.4. The molecule has 1 aromatic carbocycles. The van der Waals surface area contributed by atoms with Crippen molar-refractivity contribution < 1.29 is 17.9 Å². The summed E-state index contributed by atoms with van der Waals surface area (Å²) in [4.78, 5) is 12.4. The van der Waals surface area contributed by atoms with Crippen LogP contribution in [0.3, 0.4) is 0 Å². The van der Waals surface area contributed by atoms with Gasteiger partial charge in [-0.05, 0) is 37.8 Å². The van der Waals surface area contributed by atoms with Crippen molar-refractivity contribution in [3.05, 3.63) is 35.4 Å². The number of carbonyl (C=O) groups excluding carboxylic acids is 1. The van der Waals surface area contributed by atoms with Crippen molar-refractivity contribution in [1.82, 2.24) is 9.62 Å². The molecule has 1 amide bonds. The third-order valence-electron chi connectivity index (χ3n) is 4.62. The summed E-state index contributed by atoms with van der Waals surface area (Å²) >= 11 is 0. The van der Waals surface area contributed by atoms with E-state index in [4.69, 9.17) is 4.74 Å². The van der Waals surface area contributed by atoms with E-state index in [0.29, 0.717) is 45.7 Å². The van der Waals surface area contributed by atoms with E-state index in [1.165, 1.54) is 4.31 Å². The molecule has 0 aromatic heterocycles. The number of ether oxygens (including phenoxy) is 1. The molecule has 1 aliphatic heterocycles. The Hall–Kier alpha value is -1.44. The molecule has 0 saturated carbocycles. The summed E-state index contributed by atoms with van der Waals surface area (Å²) in [5.41, 5.74) is 2.13. The summed E-state index contributed by atoms with van der Waals surface area (Å²) in [5, 5.41) is 2.99. The average molecular weight is 368 g/mol. The van der Waals surface area contributed by atoms with Crippen LogP contribution in [0.25, 0.3) is 0 Å². The molecule has 0 bridgehead atoms. The first kappa shape index (κ1) is 19.9. The van der Waals surface area contributed by atoms with Gasteiger partial charge < -0.3 is 10.1 Å². The number of piperidine rings is 1. The summed E-state index contributed by atoms with van der Waals surface area (Å²) in [6.45, 7) is 6.11. The minimum atomic E-state index is -3.15. The number of carbonyl (C=O) groups is 1. The Labute approximate surface area is 150 Å². The fourth-order valence-corrected chi connectivity index (χ4v) is 4.12. The Balaban J connectivity index is 1.86. The van der Waals surface area contributed by atoms with E-state index < -0.39 is 10.0 Å². The molecule has 0 unspecified atom stereocenters. The van der Waals surface area contributed by atoms with Crippen molar-refractivity contribution in [2.75, 3.05) is 25.4 Å². The zero-order valence-electron chi connectivity index (χ0n) is 15.0. The average Bonchev–Trinajstić information content (AvgIpc) is 2.65. The predicted octanol–water partition coefficient (Wildman–Crippen LogP) is 1.90. The van der Waals surface area contributed by atoms with Gasteiger partial charge in [0, 0.05) is 32.2 Å². The maximum Gasteiger partial charge on any atom is 0.223 e. The van der Waals surface area contributed by atoms with Crippen LogP contribution in [0.1, 0.15) is 37.8 Å². The van der Waals surface area contributed by atoms with Crippen LogP contribution in [0, 0.1) is 5.92 Å². The summed E-state index contributed by atoms with van der Waals surface area (Å²) < 4.78 is 30.7. The van der Waals surface area contributed by atoms with Gasteiger partial charge >= 0.3 is 0 Å². The van der Waals surface area contributed by atoms with Crippen molar-refractivity contribution in [3.8, 4) is 0 Å². The number of hydrogen-bond donors (Lipinski definition) is 1. The van der Waals surface area contributed by atoms with Gasteiger partial charge in [-0.2, -0.15) is 0 Å². The molecule has 0 atom stereocenters. The first-order chi connectivity index (χ1) is 12.0. The van der Waals surface area contributed by atoms with E-state index in [-0.39, 0.29) is 17.6 Å². The minimum Gasteiger partial charge on any atom is -0.377 e. The van der Waals surface area contributed by atoms with Gasteiger partial charge in [0.1, 0.15) is 0 Å². The molecule has 1 saturated heterocycles. The van der Waals surface area contributed by atoms with E-state index in [1.807, 2.05) is 31.2 Å². The highest BCUT2D eigenvalue weighted by Crippen LogP contribution is 2.20. The summed E-state index contributed by atoms with van der Waals surface area (Å²) in [7, 11) is -3.15. The molecular weight excluding hydrogens is 340 g/mol. The number of sulfonamides is 1. The van der Waals surface area contributed by atoms with Gasteiger partial charge in [-0.25, -0.2) is 12.7 Å². The number of hydrogen-bond acceptors (Lipinski definition) is 4. The lowest BCUT2D eigenvalue weighted by atomic mass is 9.97. The maximum atomic E-state index is 12.4. The van der Waals surface area contributed by atoms with Crippen LogP contribution in [-0.4, -0.2) is 44.1 Å². The van der Waals surface area contributed by atoms with E-state index in [9.17, 15) is 13.2 Å². The molecule has 0 radical (unpaired) electrons. The van der Waals surface area contributed by atoms with Crippen molar-refractivity contribution >= 4 is 15.9 Å². The fourth-order valence-electron chi connectivity index (χ4n) is 2.99. The number of rotatable bonds is 8. The van der Waals surface area contributed by atoms with E-state index in [0.717, 1.165) is 11.1 Å². The van der Waals surface area contributed by atoms with Crippen LogP contribution in [0.5, 0.6) is 0 Å². The SMILES string of the molecule is CCOCc1ccccc1CNC(=O)C1CCN(S(=O)(=O)CC)CC1. The minimum absolute atomic E-state index is 0.000223. The van der Waals surface area contributed by atoms with E-state index in [2.05, 4.69) is 5.32 Å². The zero-order valence-corrected chi connectivity index (χ0v) is 15.8. The highest BCUT2D eigenvalue weighted by atomic mass is 32.2. The first-order valence-corrected chi connectivity index (χ1v) is 10.5. The normalized spacial score (nSPS) is 16.7. The molecule has 25 heavy (non-hydrogen) atoms. The molecule has 6 nitrogen and oxygen atoms in total. The van der Waals surface area contributed by atoms with Gasteiger partial charge in [-0.3, -0.25) is 4.79 Å².